The number of rotatable bonds is 5. The minimum absolute atomic E-state index is 0.266. The van der Waals surface area contributed by atoms with Crippen LogP contribution in [0.4, 0.5) is 4.39 Å². The van der Waals surface area contributed by atoms with Gasteiger partial charge in [0.2, 0.25) is 0 Å². The number of aryl methyl sites for hydroxylation is 1. The first-order chi connectivity index (χ1) is 16.5. The third-order valence-electron chi connectivity index (χ3n) is 6.17. The van der Waals surface area contributed by atoms with Crippen molar-refractivity contribution in [2.75, 3.05) is 21.0 Å². The van der Waals surface area contributed by atoms with Gasteiger partial charge in [-0.2, -0.15) is 0 Å². The maximum atomic E-state index is 13.3. The second kappa shape index (κ2) is 8.83. The van der Waals surface area contributed by atoms with Crippen LogP contribution in [0.1, 0.15) is 16.7 Å². The maximum Gasteiger partial charge on any atom is 0.344 e. The van der Waals surface area contributed by atoms with Gasteiger partial charge in [-0.25, -0.2) is 9.18 Å². The number of fused-ring (bicyclic) bond motifs is 3. The third kappa shape index (κ3) is 3.88. The van der Waals surface area contributed by atoms with Crippen LogP contribution in [0.3, 0.4) is 0 Å². The van der Waals surface area contributed by atoms with E-state index in [-0.39, 0.29) is 5.82 Å². The van der Waals surface area contributed by atoms with Crippen LogP contribution in [0, 0.1) is 12.7 Å². The van der Waals surface area contributed by atoms with E-state index in [1.165, 1.54) is 12.1 Å². The van der Waals surface area contributed by atoms with E-state index in [1.807, 2.05) is 25.1 Å². The quantitative estimate of drug-likeness (QED) is 0.377. The van der Waals surface area contributed by atoms with Crippen molar-refractivity contribution >= 4 is 11.0 Å². The Balaban J connectivity index is 1.55. The van der Waals surface area contributed by atoms with Crippen molar-refractivity contribution in [3.8, 4) is 28.4 Å². The highest BCUT2D eigenvalue weighted by Gasteiger charge is 2.24. The molecule has 0 unspecified atom stereocenters. The summed E-state index contributed by atoms with van der Waals surface area (Å²) in [6.45, 7) is 3.44. The first-order valence-corrected chi connectivity index (χ1v) is 10.9. The van der Waals surface area contributed by atoms with Gasteiger partial charge in [0.05, 0.1) is 25.3 Å². The van der Waals surface area contributed by atoms with Crippen molar-refractivity contribution in [1.82, 2.24) is 4.90 Å². The van der Waals surface area contributed by atoms with Gasteiger partial charge in [-0.05, 0) is 60.0 Å². The lowest BCUT2D eigenvalue weighted by atomic mass is 9.97. The van der Waals surface area contributed by atoms with Gasteiger partial charge >= 0.3 is 5.63 Å². The SMILES string of the molecule is COc1ccc(-c2c(C)c3ccc4c(c3oc2=O)CN(Cc2ccc(F)cc2)CO4)cc1OC. The lowest BCUT2D eigenvalue weighted by Gasteiger charge is -2.29. The molecule has 34 heavy (non-hydrogen) atoms. The van der Waals surface area contributed by atoms with Crippen molar-refractivity contribution < 1.29 is 23.0 Å². The molecule has 0 N–H and O–H groups in total. The normalized spacial score (nSPS) is 13.4. The average molecular weight is 461 g/mol. The van der Waals surface area contributed by atoms with Crippen LogP contribution in [-0.4, -0.2) is 25.9 Å². The summed E-state index contributed by atoms with van der Waals surface area (Å²) in [5.74, 6) is 1.55. The highest BCUT2D eigenvalue weighted by molar-refractivity contribution is 5.90. The summed E-state index contributed by atoms with van der Waals surface area (Å²) in [5, 5.41) is 0.843. The van der Waals surface area contributed by atoms with E-state index in [0.29, 0.717) is 53.8 Å². The lowest BCUT2D eigenvalue weighted by Crippen LogP contribution is -2.31. The van der Waals surface area contributed by atoms with E-state index >= 15 is 0 Å². The molecule has 0 saturated heterocycles. The lowest BCUT2D eigenvalue weighted by molar-refractivity contribution is 0.0889. The van der Waals surface area contributed by atoms with Gasteiger partial charge < -0.3 is 18.6 Å². The van der Waals surface area contributed by atoms with Gasteiger partial charge in [-0.3, -0.25) is 4.90 Å². The molecule has 0 aliphatic carbocycles. The smallest absolute Gasteiger partial charge is 0.344 e. The Morgan fingerprint density at radius 1 is 1.00 bits per heavy atom. The summed E-state index contributed by atoms with van der Waals surface area (Å²) in [4.78, 5) is 15.2. The van der Waals surface area contributed by atoms with Gasteiger partial charge in [0.1, 0.15) is 23.9 Å². The van der Waals surface area contributed by atoms with Gasteiger partial charge in [-0.1, -0.05) is 18.2 Å². The number of hydrogen-bond donors (Lipinski definition) is 0. The van der Waals surface area contributed by atoms with Gasteiger partial charge in [0.25, 0.3) is 0 Å². The van der Waals surface area contributed by atoms with Crippen LogP contribution < -0.4 is 19.8 Å². The van der Waals surface area contributed by atoms with E-state index in [1.54, 1.807) is 38.5 Å². The van der Waals surface area contributed by atoms with E-state index in [9.17, 15) is 9.18 Å². The molecule has 0 radical (unpaired) electrons. The summed E-state index contributed by atoms with van der Waals surface area (Å²) in [6, 6.07) is 15.6. The van der Waals surface area contributed by atoms with Crippen molar-refractivity contribution in [3.63, 3.8) is 0 Å². The van der Waals surface area contributed by atoms with Crippen molar-refractivity contribution in [2.45, 2.75) is 20.0 Å². The second-order valence-electron chi connectivity index (χ2n) is 8.27. The topological polar surface area (TPSA) is 61.1 Å². The third-order valence-corrected chi connectivity index (χ3v) is 6.17. The van der Waals surface area contributed by atoms with E-state index < -0.39 is 5.63 Å². The Morgan fingerprint density at radius 2 is 1.76 bits per heavy atom. The van der Waals surface area contributed by atoms with Crippen LogP contribution in [0.5, 0.6) is 17.2 Å². The predicted molar refractivity (Wildman–Crippen MR) is 127 cm³/mol. The molecular weight excluding hydrogens is 437 g/mol. The molecule has 0 fully saturated rings. The molecule has 0 spiro atoms. The molecule has 4 aromatic rings. The Labute approximate surface area is 196 Å². The average Bonchev–Trinajstić information content (AvgIpc) is 2.85. The molecule has 6 nitrogen and oxygen atoms in total. The zero-order valence-corrected chi connectivity index (χ0v) is 19.2. The summed E-state index contributed by atoms with van der Waals surface area (Å²) >= 11 is 0. The molecule has 0 atom stereocenters. The standard InChI is InChI=1S/C27H24FNO5/c1-16-20-9-11-22-21(14-29(15-33-22)13-17-4-7-19(28)8-5-17)26(20)34-27(30)25(16)18-6-10-23(31-2)24(12-18)32-3/h4-12H,13-15H2,1-3H3. The molecule has 5 rings (SSSR count). The van der Waals surface area contributed by atoms with Crippen molar-refractivity contribution in [3.05, 3.63) is 87.5 Å². The second-order valence-corrected chi connectivity index (χ2v) is 8.27. The van der Waals surface area contributed by atoms with Crippen LogP contribution in [0.2, 0.25) is 0 Å². The monoisotopic (exact) mass is 461 g/mol. The van der Waals surface area contributed by atoms with E-state index in [0.717, 1.165) is 22.1 Å². The Bertz CT molecular complexity index is 1430. The Hall–Kier alpha value is -3.84. The number of benzene rings is 3. The van der Waals surface area contributed by atoms with Crippen LogP contribution >= 0.6 is 0 Å². The maximum absolute atomic E-state index is 13.3. The van der Waals surface area contributed by atoms with Gasteiger partial charge in [-0.15, -0.1) is 0 Å². The minimum atomic E-state index is -0.429. The number of ether oxygens (including phenoxy) is 3. The summed E-state index contributed by atoms with van der Waals surface area (Å²) in [5.41, 5.74) is 3.88. The molecule has 0 saturated carbocycles. The van der Waals surface area contributed by atoms with Gasteiger partial charge in [0, 0.05) is 18.5 Å². The van der Waals surface area contributed by atoms with Crippen LogP contribution in [-0.2, 0) is 13.1 Å². The molecule has 1 aliphatic heterocycles. The molecule has 7 heteroatoms. The fraction of sp³-hybridized carbons (Fsp3) is 0.222. The van der Waals surface area contributed by atoms with Crippen molar-refractivity contribution in [2.24, 2.45) is 0 Å². The summed E-state index contributed by atoms with van der Waals surface area (Å²) in [7, 11) is 3.12. The zero-order chi connectivity index (χ0) is 23.8. The minimum Gasteiger partial charge on any atom is -0.493 e. The molecule has 3 aromatic carbocycles. The molecule has 174 valence electrons. The number of hydrogen-bond acceptors (Lipinski definition) is 6. The first-order valence-electron chi connectivity index (χ1n) is 10.9. The molecular formula is C27H24FNO5. The summed E-state index contributed by atoms with van der Waals surface area (Å²) < 4.78 is 35.8. The number of halogens is 1. The summed E-state index contributed by atoms with van der Waals surface area (Å²) in [6.07, 6.45) is 0. The molecule has 0 bridgehead atoms. The van der Waals surface area contributed by atoms with Crippen LogP contribution in [0.15, 0.2) is 63.8 Å². The van der Waals surface area contributed by atoms with Gasteiger partial charge in [0.15, 0.2) is 11.5 Å². The van der Waals surface area contributed by atoms with Crippen molar-refractivity contribution in [1.29, 1.82) is 0 Å². The first kappa shape index (κ1) is 22.0. The fourth-order valence-electron chi connectivity index (χ4n) is 4.44. The Kier molecular flexibility index (Phi) is 5.71. The fourth-order valence-corrected chi connectivity index (χ4v) is 4.44. The Morgan fingerprint density at radius 3 is 2.50 bits per heavy atom. The zero-order valence-electron chi connectivity index (χ0n) is 19.2. The molecule has 2 heterocycles. The molecule has 0 amide bonds. The largest absolute Gasteiger partial charge is 0.493 e. The molecule has 1 aliphatic rings. The molecule has 1 aromatic heterocycles. The number of methoxy groups -OCH3 is 2. The predicted octanol–water partition coefficient (Wildman–Crippen LogP) is 5.28. The van der Waals surface area contributed by atoms with E-state index in [4.69, 9.17) is 18.6 Å². The highest BCUT2D eigenvalue weighted by atomic mass is 19.1. The van der Waals surface area contributed by atoms with Crippen LogP contribution in [0.25, 0.3) is 22.1 Å². The van der Waals surface area contributed by atoms with E-state index in [2.05, 4.69) is 4.90 Å². The highest BCUT2D eigenvalue weighted by Crippen LogP contribution is 2.37. The number of nitrogens with zero attached hydrogens (tertiary/aromatic N) is 1.